The van der Waals surface area contributed by atoms with Gasteiger partial charge in [0.2, 0.25) is 0 Å². The molecule has 0 rings (SSSR count). The summed E-state index contributed by atoms with van der Waals surface area (Å²) in [5, 5.41) is 0. The van der Waals surface area contributed by atoms with Crippen molar-refractivity contribution in [2.75, 3.05) is 13.2 Å². The number of hydrogen-bond donors (Lipinski definition) is 2. The van der Waals surface area contributed by atoms with Gasteiger partial charge in [-0.2, -0.15) is 0 Å². The lowest BCUT2D eigenvalue weighted by Gasteiger charge is -2.42. The van der Waals surface area contributed by atoms with Gasteiger partial charge in [0, 0.05) is 12.8 Å². The molecule has 0 saturated carbocycles. The summed E-state index contributed by atoms with van der Waals surface area (Å²) in [6.45, 7) is 24.6. The summed E-state index contributed by atoms with van der Waals surface area (Å²) in [7, 11) is 0. The molecule has 0 amide bonds. The molecule has 0 bridgehead atoms. The van der Waals surface area contributed by atoms with Crippen LogP contribution in [0.15, 0.2) is 0 Å². The van der Waals surface area contributed by atoms with E-state index in [2.05, 4.69) is 48.5 Å². The second kappa shape index (κ2) is 10.9. The lowest BCUT2D eigenvalue weighted by Crippen LogP contribution is -2.43. The van der Waals surface area contributed by atoms with Crippen molar-refractivity contribution in [2.45, 2.75) is 124 Å². The minimum absolute atomic E-state index is 0.191. The molecule has 0 aromatic carbocycles. The predicted molar refractivity (Wildman–Crippen MR) is 120 cm³/mol. The Morgan fingerprint density at radius 2 is 1.00 bits per heavy atom. The Morgan fingerprint density at radius 1 is 0.586 bits per heavy atom. The fourth-order valence-corrected chi connectivity index (χ4v) is 3.32. The number of hydrogen-bond acceptors (Lipinski definition) is 6. The van der Waals surface area contributed by atoms with E-state index in [4.69, 9.17) is 30.9 Å². The monoisotopic (exact) mass is 418 g/mol. The molecule has 6 heteroatoms. The summed E-state index contributed by atoms with van der Waals surface area (Å²) in [5.41, 5.74) is -1.16. The first-order chi connectivity index (χ1) is 12.8. The van der Waals surface area contributed by atoms with Crippen molar-refractivity contribution in [1.29, 1.82) is 0 Å². The molecule has 6 nitrogen and oxygen atoms in total. The van der Waals surface area contributed by atoms with Crippen molar-refractivity contribution in [3.05, 3.63) is 0 Å². The van der Waals surface area contributed by atoms with Crippen molar-refractivity contribution < 1.29 is 19.1 Å². The van der Waals surface area contributed by atoms with Gasteiger partial charge in [-0.1, -0.05) is 20.8 Å². The first kappa shape index (κ1) is 28.8. The average Bonchev–Trinajstić information content (AvgIpc) is 2.52. The topological polar surface area (TPSA) is 89.0 Å². The van der Waals surface area contributed by atoms with Gasteiger partial charge >= 0.3 is 0 Å². The fraction of sp³-hybridized carbons (Fsp3) is 1.00. The summed E-state index contributed by atoms with van der Waals surface area (Å²) in [6, 6.07) is 0. The van der Waals surface area contributed by atoms with Crippen LogP contribution in [0.1, 0.15) is 102 Å². The summed E-state index contributed by atoms with van der Waals surface area (Å²) in [5.74, 6) is 11.1. The minimum Gasteiger partial charge on any atom is -0.375 e. The zero-order valence-electron chi connectivity index (χ0n) is 21.1. The Bertz CT molecular complexity index is 468. The highest BCUT2D eigenvalue weighted by atomic mass is 16.6. The minimum atomic E-state index is -0.393. The second-order valence-corrected chi connectivity index (χ2v) is 12.0. The number of rotatable bonds is 14. The van der Waals surface area contributed by atoms with E-state index in [0.717, 1.165) is 25.7 Å². The highest BCUT2D eigenvalue weighted by Gasteiger charge is 2.38. The molecular formula is C23H50N2O4. The van der Waals surface area contributed by atoms with E-state index in [0.29, 0.717) is 19.1 Å². The van der Waals surface area contributed by atoms with Crippen LogP contribution >= 0.6 is 0 Å². The van der Waals surface area contributed by atoms with Crippen LogP contribution in [0.25, 0.3) is 0 Å². The normalized spacial score (nSPS) is 15.6. The van der Waals surface area contributed by atoms with Crippen LogP contribution in [0.3, 0.4) is 0 Å². The molecule has 176 valence electrons. The van der Waals surface area contributed by atoms with Gasteiger partial charge in [0.1, 0.15) is 0 Å². The predicted octanol–water partition coefficient (Wildman–Crippen LogP) is 5.14. The van der Waals surface area contributed by atoms with Crippen molar-refractivity contribution in [3.8, 4) is 0 Å². The fourth-order valence-electron chi connectivity index (χ4n) is 3.32. The summed E-state index contributed by atoms with van der Waals surface area (Å²) < 4.78 is 12.6. The third-order valence-corrected chi connectivity index (χ3v) is 5.59. The van der Waals surface area contributed by atoms with Gasteiger partial charge in [-0.25, -0.2) is 11.8 Å². The van der Waals surface area contributed by atoms with Gasteiger partial charge in [-0.3, -0.25) is 9.68 Å². The Labute approximate surface area is 180 Å². The molecule has 0 aromatic rings. The highest BCUT2D eigenvalue weighted by Crippen LogP contribution is 2.39. The van der Waals surface area contributed by atoms with E-state index in [1.165, 1.54) is 0 Å². The maximum Gasteiger partial charge on any atom is 0.0859 e. The molecule has 0 fully saturated rings. The Morgan fingerprint density at radius 3 is 1.38 bits per heavy atom. The zero-order valence-corrected chi connectivity index (χ0v) is 21.1. The van der Waals surface area contributed by atoms with E-state index in [1.807, 2.05) is 27.7 Å². The Balaban J connectivity index is 5.10. The van der Waals surface area contributed by atoms with Crippen LogP contribution in [0.2, 0.25) is 0 Å². The Kier molecular flexibility index (Phi) is 10.8. The van der Waals surface area contributed by atoms with E-state index in [1.54, 1.807) is 0 Å². The molecule has 29 heavy (non-hydrogen) atoms. The van der Waals surface area contributed by atoms with E-state index >= 15 is 0 Å². The molecule has 0 aromatic heterocycles. The maximum absolute atomic E-state index is 6.37. The molecule has 0 heterocycles. The molecule has 1 atom stereocenters. The van der Waals surface area contributed by atoms with Gasteiger partial charge in [-0.15, -0.1) is 0 Å². The second-order valence-electron chi connectivity index (χ2n) is 12.0. The summed E-state index contributed by atoms with van der Waals surface area (Å²) >= 11 is 0. The van der Waals surface area contributed by atoms with Crippen molar-refractivity contribution in [3.63, 3.8) is 0 Å². The largest absolute Gasteiger partial charge is 0.375 e. The third-order valence-electron chi connectivity index (χ3n) is 5.59. The van der Waals surface area contributed by atoms with Gasteiger partial charge in [-0.05, 0) is 79.6 Å². The lowest BCUT2D eigenvalue weighted by atomic mass is 9.73. The van der Waals surface area contributed by atoms with Gasteiger partial charge in [0.05, 0.1) is 35.6 Å². The summed E-state index contributed by atoms with van der Waals surface area (Å²) in [6.07, 6.45) is 3.42. The van der Waals surface area contributed by atoms with E-state index in [-0.39, 0.29) is 22.2 Å². The molecule has 0 radical (unpaired) electrons. The van der Waals surface area contributed by atoms with Crippen LogP contribution in [-0.4, -0.2) is 35.6 Å². The van der Waals surface area contributed by atoms with Crippen LogP contribution in [-0.2, 0) is 19.1 Å². The van der Waals surface area contributed by atoms with E-state index < -0.39 is 5.60 Å². The Hall–Kier alpha value is -0.240. The summed E-state index contributed by atoms with van der Waals surface area (Å²) in [4.78, 5) is 10.1. The van der Waals surface area contributed by atoms with Crippen LogP contribution in [0.4, 0.5) is 0 Å². The van der Waals surface area contributed by atoms with E-state index in [9.17, 15) is 0 Å². The molecule has 0 saturated heterocycles. The molecule has 0 aliphatic heterocycles. The molecule has 0 aliphatic carbocycles. The quantitative estimate of drug-likeness (QED) is 0.380. The number of ether oxygens (including phenoxy) is 2. The zero-order chi connectivity index (χ0) is 23.1. The lowest BCUT2D eigenvalue weighted by molar-refractivity contribution is -0.126. The van der Waals surface area contributed by atoms with Crippen molar-refractivity contribution in [1.82, 2.24) is 0 Å². The maximum atomic E-state index is 6.37. The number of nitrogens with two attached hydrogens (primary N) is 2. The molecule has 0 aliphatic rings. The van der Waals surface area contributed by atoms with Crippen LogP contribution in [0.5, 0.6) is 0 Å². The third kappa shape index (κ3) is 12.9. The van der Waals surface area contributed by atoms with Crippen LogP contribution < -0.4 is 11.8 Å². The molecule has 1 unspecified atom stereocenters. The van der Waals surface area contributed by atoms with Gasteiger partial charge in [0.15, 0.2) is 0 Å². The van der Waals surface area contributed by atoms with Crippen molar-refractivity contribution >= 4 is 0 Å². The van der Waals surface area contributed by atoms with Gasteiger partial charge < -0.3 is 9.47 Å². The average molecular weight is 419 g/mol. The van der Waals surface area contributed by atoms with Crippen molar-refractivity contribution in [2.24, 2.45) is 23.1 Å². The highest BCUT2D eigenvalue weighted by molar-refractivity contribution is 4.88. The standard InChI is InChI=1S/C23H50N2O4/c1-19(2,3)16-18(23(10,11)27-15-13-21(6,7)29-25)17-22(8,9)26-14-12-20(4,5)28-24/h18H,12-17,24-25H2,1-11H3. The first-order valence-corrected chi connectivity index (χ1v) is 10.9. The smallest absolute Gasteiger partial charge is 0.0859 e. The first-order valence-electron chi connectivity index (χ1n) is 10.9. The SMILES string of the molecule is CC(C)(C)CC(CC(C)(C)OCCC(C)(C)ON)C(C)(C)OCCC(C)(C)ON. The molecular weight excluding hydrogens is 368 g/mol. The molecule has 0 spiro atoms. The molecule has 4 N–H and O–H groups in total. The van der Waals surface area contributed by atoms with Gasteiger partial charge in [0.25, 0.3) is 0 Å². The van der Waals surface area contributed by atoms with Crippen LogP contribution in [0, 0.1) is 11.3 Å².